The molecule has 23 heavy (non-hydrogen) atoms. The van der Waals surface area contributed by atoms with Crippen LogP contribution in [0.1, 0.15) is 43.9 Å². The summed E-state index contributed by atoms with van der Waals surface area (Å²) in [5.41, 5.74) is 10.7. The molecule has 0 atom stereocenters. The van der Waals surface area contributed by atoms with Gasteiger partial charge in [0.1, 0.15) is 0 Å². The van der Waals surface area contributed by atoms with Crippen molar-refractivity contribution in [3.05, 3.63) is 34.7 Å². The Morgan fingerprint density at radius 3 is 2.83 bits per heavy atom. The number of aromatic amines is 1. The number of hydrogen-bond acceptors (Lipinski definition) is 4. The van der Waals surface area contributed by atoms with E-state index < -0.39 is 0 Å². The third-order valence-corrected chi connectivity index (χ3v) is 5.15. The number of nitrogens with zero attached hydrogens (tertiary/aromatic N) is 1. The molecule has 5 heteroatoms. The van der Waals surface area contributed by atoms with Gasteiger partial charge in [0.05, 0.1) is 16.9 Å². The zero-order valence-electron chi connectivity index (χ0n) is 13.2. The van der Waals surface area contributed by atoms with Crippen LogP contribution < -0.4 is 14.9 Å². The van der Waals surface area contributed by atoms with Crippen molar-refractivity contribution in [1.82, 2.24) is 10.4 Å². The lowest BCUT2D eigenvalue weighted by Gasteiger charge is -2.09. The van der Waals surface area contributed by atoms with Crippen molar-refractivity contribution >= 4 is 16.6 Å². The van der Waals surface area contributed by atoms with E-state index in [0.29, 0.717) is 6.79 Å². The van der Waals surface area contributed by atoms with Crippen molar-refractivity contribution < 1.29 is 9.47 Å². The molecule has 0 saturated heterocycles. The standard InChI is InChI=1S/C18H19N3O2/c1-10-11-3-2-4-12-13-7-16-17(23-9-22-16)8-15(13)19-18(12)14(6-5-11)21-20-10/h7-8,19-20H,2-6,9H2,1H3. The summed E-state index contributed by atoms with van der Waals surface area (Å²) < 4.78 is 11.1. The summed E-state index contributed by atoms with van der Waals surface area (Å²) in [5, 5.41) is 5.89. The second kappa shape index (κ2) is 4.78. The monoisotopic (exact) mass is 309 g/mol. The van der Waals surface area contributed by atoms with E-state index in [0.717, 1.165) is 54.8 Å². The van der Waals surface area contributed by atoms with Crippen LogP contribution >= 0.6 is 0 Å². The number of aryl methyl sites for hydroxylation is 1. The summed E-state index contributed by atoms with van der Waals surface area (Å²) in [6.45, 7) is 2.45. The van der Waals surface area contributed by atoms with Crippen LogP contribution in [0.25, 0.3) is 10.9 Å². The largest absolute Gasteiger partial charge is 0.454 e. The van der Waals surface area contributed by atoms with Gasteiger partial charge in [-0.1, -0.05) is 0 Å². The lowest BCUT2D eigenvalue weighted by molar-refractivity contribution is 0.174. The van der Waals surface area contributed by atoms with Gasteiger partial charge in [-0.05, 0) is 56.2 Å². The molecular formula is C18H19N3O2. The number of nitrogens with one attached hydrogen (secondary N) is 2. The van der Waals surface area contributed by atoms with Crippen LogP contribution in [-0.4, -0.2) is 17.5 Å². The summed E-state index contributed by atoms with van der Waals surface area (Å²) in [6.07, 6.45) is 5.43. The predicted octanol–water partition coefficient (Wildman–Crippen LogP) is 3.59. The van der Waals surface area contributed by atoms with Gasteiger partial charge in [0.25, 0.3) is 0 Å². The molecule has 1 aromatic heterocycles. The first-order chi connectivity index (χ1) is 11.3. The van der Waals surface area contributed by atoms with Crippen molar-refractivity contribution in [3.8, 4) is 11.5 Å². The Bertz CT molecular complexity index is 876. The van der Waals surface area contributed by atoms with Gasteiger partial charge >= 0.3 is 0 Å². The molecule has 0 radical (unpaired) electrons. The molecule has 5 rings (SSSR count). The van der Waals surface area contributed by atoms with Gasteiger partial charge < -0.3 is 14.5 Å². The number of ether oxygens (including phenoxy) is 2. The highest BCUT2D eigenvalue weighted by atomic mass is 16.7. The molecule has 1 aliphatic carbocycles. The highest BCUT2D eigenvalue weighted by Gasteiger charge is 2.24. The molecule has 2 bridgehead atoms. The topological polar surface area (TPSA) is 58.6 Å². The minimum atomic E-state index is 0.314. The number of rotatable bonds is 0. The van der Waals surface area contributed by atoms with Crippen molar-refractivity contribution in [3.63, 3.8) is 0 Å². The number of H-pyrrole nitrogens is 1. The molecule has 1 aromatic carbocycles. The molecule has 2 aromatic rings. The molecular weight excluding hydrogens is 290 g/mol. The van der Waals surface area contributed by atoms with Gasteiger partial charge in [0, 0.05) is 17.1 Å². The number of hydrazone groups is 1. The predicted molar refractivity (Wildman–Crippen MR) is 89.0 cm³/mol. The Balaban J connectivity index is 1.71. The Kier molecular flexibility index (Phi) is 2.71. The minimum Gasteiger partial charge on any atom is -0.454 e. The molecule has 0 unspecified atom stereocenters. The van der Waals surface area contributed by atoms with Crippen molar-refractivity contribution in [2.45, 2.75) is 39.0 Å². The van der Waals surface area contributed by atoms with E-state index in [1.165, 1.54) is 27.9 Å². The van der Waals surface area contributed by atoms with Gasteiger partial charge in [0.2, 0.25) is 6.79 Å². The Morgan fingerprint density at radius 2 is 1.91 bits per heavy atom. The lowest BCUT2D eigenvalue weighted by atomic mass is 10.0. The van der Waals surface area contributed by atoms with E-state index in [9.17, 15) is 0 Å². The second-order valence-electron chi connectivity index (χ2n) is 6.48. The number of allylic oxidation sites excluding steroid dienone is 2. The van der Waals surface area contributed by atoms with E-state index >= 15 is 0 Å². The van der Waals surface area contributed by atoms with Gasteiger partial charge in [-0.3, -0.25) is 5.43 Å². The van der Waals surface area contributed by atoms with Crippen molar-refractivity contribution in [2.24, 2.45) is 5.10 Å². The average molecular weight is 309 g/mol. The first-order valence-electron chi connectivity index (χ1n) is 8.25. The number of benzene rings is 1. The fourth-order valence-corrected chi connectivity index (χ4v) is 3.86. The molecule has 3 aliphatic rings. The third kappa shape index (κ3) is 1.96. The maximum atomic E-state index is 5.56. The van der Waals surface area contributed by atoms with Crippen LogP contribution in [0.4, 0.5) is 0 Å². The number of hydrogen-bond donors (Lipinski definition) is 2. The first-order valence-corrected chi connectivity index (χ1v) is 8.25. The summed E-state index contributed by atoms with van der Waals surface area (Å²) in [6, 6.07) is 4.17. The normalized spacial score (nSPS) is 19.6. The number of fused-ring (bicyclic) bond motifs is 8. The Hall–Kier alpha value is -2.43. The van der Waals surface area contributed by atoms with Crippen molar-refractivity contribution in [1.29, 1.82) is 0 Å². The van der Waals surface area contributed by atoms with Crippen LogP contribution in [0.3, 0.4) is 0 Å². The summed E-state index contributed by atoms with van der Waals surface area (Å²) in [7, 11) is 0. The van der Waals surface area contributed by atoms with Gasteiger partial charge in [-0.2, -0.15) is 5.10 Å². The smallest absolute Gasteiger partial charge is 0.231 e. The second-order valence-corrected chi connectivity index (χ2v) is 6.48. The minimum absolute atomic E-state index is 0.314. The zero-order valence-corrected chi connectivity index (χ0v) is 13.2. The first kappa shape index (κ1) is 13.0. The van der Waals surface area contributed by atoms with Gasteiger partial charge in [-0.15, -0.1) is 0 Å². The molecule has 0 fully saturated rings. The zero-order chi connectivity index (χ0) is 15.4. The summed E-state index contributed by atoms with van der Waals surface area (Å²) in [4.78, 5) is 3.58. The molecule has 0 amide bonds. The molecule has 3 heterocycles. The Labute approximate surface area is 134 Å². The molecule has 118 valence electrons. The third-order valence-electron chi connectivity index (χ3n) is 5.15. The SMILES string of the molecule is CC1=C2CCCc3c([nH]c4cc5c(cc34)OCO5)C(=NN1)CC2. The highest BCUT2D eigenvalue weighted by molar-refractivity contribution is 6.06. The van der Waals surface area contributed by atoms with Gasteiger partial charge in [0.15, 0.2) is 11.5 Å². The quantitative estimate of drug-likeness (QED) is 0.782. The fourth-order valence-electron chi connectivity index (χ4n) is 3.86. The van der Waals surface area contributed by atoms with Crippen LogP contribution in [-0.2, 0) is 6.42 Å². The van der Waals surface area contributed by atoms with Gasteiger partial charge in [-0.25, -0.2) is 0 Å². The fraction of sp³-hybridized carbons (Fsp3) is 0.389. The Morgan fingerprint density at radius 1 is 1.04 bits per heavy atom. The van der Waals surface area contributed by atoms with E-state index in [1.54, 1.807) is 0 Å². The van der Waals surface area contributed by atoms with Crippen molar-refractivity contribution in [2.75, 3.05) is 6.79 Å². The van der Waals surface area contributed by atoms with Crippen LogP contribution in [0.5, 0.6) is 11.5 Å². The molecule has 2 N–H and O–H groups in total. The van der Waals surface area contributed by atoms with E-state index in [4.69, 9.17) is 9.47 Å². The maximum absolute atomic E-state index is 5.56. The van der Waals surface area contributed by atoms with Crippen LogP contribution in [0.2, 0.25) is 0 Å². The molecule has 0 spiro atoms. The van der Waals surface area contributed by atoms with Crippen LogP contribution in [0, 0.1) is 0 Å². The average Bonchev–Trinajstić information content (AvgIpc) is 3.10. The van der Waals surface area contributed by atoms with E-state index in [2.05, 4.69) is 34.6 Å². The van der Waals surface area contributed by atoms with E-state index in [1.807, 2.05) is 0 Å². The molecule has 0 saturated carbocycles. The number of aromatic nitrogens is 1. The molecule has 2 aliphatic heterocycles. The lowest BCUT2D eigenvalue weighted by Crippen LogP contribution is -2.10. The highest BCUT2D eigenvalue weighted by Crippen LogP contribution is 2.39. The van der Waals surface area contributed by atoms with Crippen LogP contribution in [0.15, 0.2) is 28.5 Å². The van der Waals surface area contributed by atoms with E-state index in [-0.39, 0.29) is 0 Å². The molecule has 5 nitrogen and oxygen atoms in total. The summed E-state index contributed by atoms with van der Waals surface area (Å²) >= 11 is 0. The maximum Gasteiger partial charge on any atom is 0.231 e. The summed E-state index contributed by atoms with van der Waals surface area (Å²) in [5.74, 6) is 1.67.